The summed E-state index contributed by atoms with van der Waals surface area (Å²) in [5.74, 6) is -1.13. The molecule has 1 unspecified atom stereocenters. The standard InChI is InChI=1S/C22H27F6N3O3/c23-21(24,25)16-8-15(9-17(10-16)22(26,27)28)20(34)29-11-14-3-6-31(7-4-14)19(33)13-30-5-1-2-18(32)12-30/h8-10,14,18,32H,1-7,11-13H2,(H,29,34). The van der Waals surface area contributed by atoms with E-state index in [0.717, 1.165) is 19.4 Å². The monoisotopic (exact) mass is 495 g/mol. The highest BCUT2D eigenvalue weighted by molar-refractivity contribution is 5.94. The number of amides is 2. The molecule has 1 atom stereocenters. The van der Waals surface area contributed by atoms with E-state index in [2.05, 4.69) is 5.32 Å². The number of carbonyl (C=O) groups is 2. The zero-order chi connectivity index (χ0) is 25.1. The predicted molar refractivity (Wildman–Crippen MR) is 110 cm³/mol. The van der Waals surface area contributed by atoms with Crippen LogP contribution in [0.5, 0.6) is 0 Å². The van der Waals surface area contributed by atoms with Gasteiger partial charge in [-0.15, -0.1) is 0 Å². The highest BCUT2D eigenvalue weighted by Crippen LogP contribution is 2.36. The molecule has 0 aliphatic carbocycles. The van der Waals surface area contributed by atoms with Crippen LogP contribution in [0.2, 0.25) is 0 Å². The minimum atomic E-state index is -5.03. The van der Waals surface area contributed by atoms with Crippen LogP contribution in [0, 0.1) is 5.92 Å². The Morgan fingerprint density at radius 1 is 0.941 bits per heavy atom. The van der Waals surface area contributed by atoms with E-state index in [9.17, 15) is 41.0 Å². The summed E-state index contributed by atoms with van der Waals surface area (Å²) >= 11 is 0. The van der Waals surface area contributed by atoms with Gasteiger partial charge in [0.2, 0.25) is 5.91 Å². The summed E-state index contributed by atoms with van der Waals surface area (Å²) in [5.41, 5.74) is -3.79. The topological polar surface area (TPSA) is 72.9 Å². The number of rotatable bonds is 5. The van der Waals surface area contributed by atoms with E-state index in [1.807, 2.05) is 4.90 Å². The number of piperidine rings is 2. The maximum absolute atomic E-state index is 13.0. The van der Waals surface area contributed by atoms with E-state index in [4.69, 9.17) is 0 Å². The van der Waals surface area contributed by atoms with Gasteiger partial charge in [-0.2, -0.15) is 26.3 Å². The van der Waals surface area contributed by atoms with Crippen LogP contribution in [0.25, 0.3) is 0 Å². The molecule has 2 aliphatic heterocycles. The normalized spacial score (nSPS) is 20.9. The van der Waals surface area contributed by atoms with Gasteiger partial charge in [-0.25, -0.2) is 0 Å². The van der Waals surface area contributed by atoms with Crippen molar-refractivity contribution in [2.24, 2.45) is 5.92 Å². The van der Waals surface area contributed by atoms with E-state index >= 15 is 0 Å². The Kier molecular flexibility index (Phi) is 8.12. The van der Waals surface area contributed by atoms with Gasteiger partial charge < -0.3 is 15.3 Å². The number of alkyl halides is 6. The van der Waals surface area contributed by atoms with Crippen molar-refractivity contribution in [3.8, 4) is 0 Å². The molecule has 12 heteroatoms. The SMILES string of the molecule is O=C(NCC1CCN(C(=O)CN2CCCC(O)C2)CC1)c1cc(C(F)(F)F)cc(C(F)(F)F)c1. The molecule has 6 nitrogen and oxygen atoms in total. The predicted octanol–water partition coefficient (Wildman–Crippen LogP) is 3.15. The van der Waals surface area contributed by atoms with Crippen molar-refractivity contribution in [1.82, 2.24) is 15.1 Å². The third-order valence-electron chi connectivity index (χ3n) is 6.21. The molecule has 3 rings (SSSR count). The van der Waals surface area contributed by atoms with Gasteiger partial charge in [0.1, 0.15) is 0 Å². The average Bonchev–Trinajstić information content (AvgIpc) is 2.76. The minimum absolute atomic E-state index is 0.0197. The summed E-state index contributed by atoms with van der Waals surface area (Å²) in [4.78, 5) is 28.4. The Hall–Kier alpha value is -2.34. The summed E-state index contributed by atoms with van der Waals surface area (Å²) in [6.07, 6.45) is -7.84. The second-order valence-electron chi connectivity index (χ2n) is 8.86. The maximum atomic E-state index is 13.0. The molecular weight excluding hydrogens is 468 g/mol. The second-order valence-corrected chi connectivity index (χ2v) is 8.86. The number of carbonyl (C=O) groups excluding carboxylic acids is 2. The molecular formula is C22H27F6N3O3. The van der Waals surface area contributed by atoms with Gasteiger partial charge >= 0.3 is 12.4 Å². The third-order valence-corrected chi connectivity index (χ3v) is 6.21. The van der Waals surface area contributed by atoms with Crippen molar-refractivity contribution in [2.45, 2.75) is 44.1 Å². The van der Waals surface area contributed by atoms with Gasteiger partial charge in [-0.05, 0) is 56.3 Å². The summed E-state index contributed by atoms with van der Waals surface area (Å²) in [6, 6.07) is 0.793. The summed E-state index contributed by atoms with van der Waals surface area (Å²) < 4.78 is 78.0. The number of β-amino-alcohol motifs (C(OH)–C–C–N with tert-alkyl or cyclic N) is 1. The van der Waals surface area contributed by atoms with Crippen LogP contribution < -0.4 is 5.32 Å². The van der Waals surface area contributed by atoms with E-state index in [1.54, 1.807) is 4.90 Å². The molecule has 0 bridgehead atoms. The zero-order valence-electron chi connectivity index (χ0n) is 18.4. The van der Waals surface area contributed by atoms with Gasteiger partial charge in [-0.1, -0.05) is 0 Å². The number of nitrogens with one attached hydrogen (secondary N) is 1. The van der Waals surface area contributed by atoms with Crippen molar-refractivity contribution in [3.05, 3.63) is 34.9 Å². The van der Waals surface area contributed by atoms with Crippen molar-refractivity contribution in [3.63, 3.8) is 0 Å². The number of aliphatic hydroxyl groups is 1. The van der Waals surface area contributed by atoms with Crippen LogP contribution in [0.15, 0.2) is 18.2 Å². The molecule has 1 aromatic carbocycles. The van der Waals surface area contributed by atoms with Gasteiger partial charge in [0.05, 0.1) is 23.8 Å². The number of nitrogens with zero attached hydrogens (tertiary/aromatic N) is 2. The molecule has 2 fully saturated rings. The van der Waals surface area contributed by atoms with E-state index < -0.39 is 41.1 Å². The number of hydrogen-bond acceptors (Lipinski definition) is 4. The lowest BCUT2D eigenvalue weighted by molar-refractivity contribution is -0.143. The van der Waals surface area contributed by atoms with E-state index in [-0.39, 0.29) is 31.0 Å². The average molecular weight is 495 g/mol. The Balaban J connectivity index is 1.52. The molecule has 0 radical (unpaired) electrons. The molecule has 1 aromatic rings. The molecule has 0 spiro atoms. The minimum Gasteiger partial charge on any atom is -0.392 e. The first-order valence-electron chi connectivity index (χ1n) is 11.1. The number of aliphatic hydroxyl groups excluding tert-OH is 1. The lowest BCUT2D eigenvalue weighted by Gasteiger charge is -2.35. The number of hydrogen-bond donors (Lipinski definition) is 2. The third kappa shape index (κ3) is 7.08. The fourth-order valence-corrected chi connectivity index (χ4v) is 4.28. The van der Waals surface area contributed by atoms with Crippen molar-refractivity contribution in [2.75, 3.05) is 39.3 Å². The molecule has 2 amide bonds. The lowest BCUT2D eigenvalue weighted by atomic mass is 9.96. The van der Waals surface area contributed by atoms with Crippen LogP contribution in [-0.4, -0.2) is 72.1 Å². The van der Waals surface area contributed by atoms with E-state index in [1.165, 1.54) is 0 Å². The highest BCUT2D eigenvalue weighted by atomic mass is 19.4. The number of benzene rings is 1. The van der Waals surface area contributed by atoms with Crippen LogP contribution in [0.1, 0.15) is 47.2 Å². The molecule has 2 saturated heterocycles. The number of halogens is 6. The Morgan fingerprint density at radius 3 is 2.06 bits per heavy atom. The Morgan fingerprint density at radius 2 is 1.53 bits per heavy atom. The molecule has 2 aliphatic rings. The molecule has 2 N–H and O–H groups in total. The molecule has 190 valence electrons. The lowest BCUT2D eigenvalue weighted by Crippen LogP contribution is -2.48. The fourth-order valence-electron chi connectivity index (χ4n) is 4.28. The first kappa shape index (κ1) is 26.3. The Labute approximate surface area is 192 Å². The fraction of sp³-hybridized carbons (Fsp3) is 0.636. The van der Waals surface area contributed by atoms with Crippen molar-refractivity contribution >= 4 is 11.8 Å². The van der Waals surface area contributed by atoms with Crippen molar-refractivity contribution < 1.29 is 41.0 Å². The van der Waals surface area contributed by atoms with Gasteiger partial charge in [-0.3, -0.25) is 14.5 Å². The van der Waals surface area contributed by atoms with Crippen LogP contribution >= 0.6 is 0 Å². The Bertz CT molecular complexity index is 849. The van der Waals surface area contributed by atoms with Crippen LogP contribution in [-0.2, 0) is 17.1 Å². The van der Waals surface area contributed by atoms with Crippen LogP contribution in [0.4, 0.5) is 26.3 Å². The summed E-state index contributed by atoms with van der Waals surface area (Å²) in [6.45, 7) is 2.39. The quantitative estimate of drug-likeness (QED) is 0.616. The largest absolute Gasteiger partial charge is 0.416 e. The van der Waals surface area contributed by atoms with Gasteiger partial charge in [0, 0.05) is 31.7 Å². The summed E-state index contributed by atoms with van der Waals surface area (Å²) in [5, 5.41) is 12.1. The molecule has 0 saturated carbocycles. The van der Waals surface area contributed by atoms with Gasteiger partial charge in [0.25, 0.3) is 5.91 Å². The van der Waals surface area contributed by atoms with Gasteiger partial charge in [0.15, 0.2) is 0 Å². The maximum Gasteiger partial charge on any atom is 0.416 e. The first-order valence-corrected chi connectivity index (χ1v) is 11.1. The summed E-state index contributed by atoms with van der Waals surface area (Å²) in [7, 11) is 0. The van der Waals surface area contributed by atoms with Crippen molar-refractivity contribution in [1.29, 1.82) is 0 Å². The van der Waals surface area contributed by atoms with E-state index in [0.29, 0.717) is 44.6 Å². The highest BCUT2D eigenvalue weighted by Gasteiger charge is 2.37. The molecule has 34 heavy (non-hydrogen) atoms. The molecule has 2 heterocycles. The first-order chi connectivity index (χ1) is 15.8. The smallest absolute Gasteiger partial charge is 0.392 e. The van der Waals surface area contributed by atoms with Crippen LogP contribution in [0.3, 0.4) is 0 Å². The molecule has 0 aromatic heterocycles. The zero-order valence-corrected chi connectivity index (χ0v) is 18.4. The number of likely N-dealkylation sites (tertiary alicyclic amines) is 2. The second kappa shape index (κ2) is 10.5.